The maximum Gasteiger partial charge on any atom is 0.248 e. The first-order valence-corrected chi connectivity index (χ1v) is 13.6. The molecule has 1 aliphatic rings. The van der Waals surface area contributed by atoms with E-state index in [0.717, 1.165) is 62.4 Å². The van der Waals surface area contributed by atoms with Crippen LogP contribution in [0.15, 0.2) is 97.5 Å². The van der Waals surface area contributed by atoms with Crippen LogP contribution in [0, 0.1) is 0 Å². The smallest absolute Gasteiger partial charge is 0.248 e. The van der Waals surface area contributed by atoms with Gasteiger partial charge in [0, 0.05) is 39.7 Å². The highest BCUT2D eigenvalue weighted by Gasteiger charge is 2.27. The largest absolute Gasteiger partial charge is 0.366 e. The molecule has 3 aromatic heterocycles. The first-order valence-electron chi connectivity index (χ1n) is 13.6. The number of anilines is 1. The van der Waals surface area contributed by atoms with Crippen molar-refractivity contribution in [2.75, 3.05) is 5.01 Å². The third kappa shape index (κ3) is 4.00. The number of nitrogens with two attached hydrogens (primary N) is 1. The summed E-state index contributed by atoms with van der Waals surface area (Å²) in [6.07, 6.45) is 11.5. The third-order valence-corrected chi connectivity index (χ3v) is 8.00. The summed E-state index contributed by atoms with van der Waals surface area (Å²) in [6, 6.07) is 27.1. The lowest BCUT2D eigenvalue weighted by atomic mass is 9.95. The lowest BCUT2D eigenvalue weighted by Crippen LogP contribution is -2.41. The van der Waals surface area contributed by atoms with E-state index in [0.29, 0.717) is 11.6 Å². The Morgan fingerprint density at radius 2 is 1.74 bits per heavy atom. The Kier molecular flexibility index (Phi) is 5.73. The van der Waals surface area contributed by atoms with Crippen LogP contribution in [0.5, 0.6) is 0 Å². The second-order valence-corrected chi connectivity index (χ2v) is 10.4. The van der Waals surface area contributed by atoms with Crippen LogP contribution in [0.2, 0.25) is 0 Å². The van der Waals surface area contributed by atoms with E-state index in [1.54, 1.807) is 0 Å². The van der Waals surface area contributed by atoms with E-state index in [1.165, 1.54) is 19.3 Å². The van der Waals surface area contributed by atoms with Gasteiger partial charge in [-0.3, -0.25) is 24.4 Å². The number of amides is 1. The molecule has 1 amide bonds. The summed E-state index contributed by atoms with van der Waals surface area (Å²) in [5.74, 6) is -0.432. The fourth-order valence-corrected chi connectivity index (χ4v) is 6.20. The molecule has 0 aliphatic heterocycles. The van der Waals surface area contributed by atoms with Gasteiger partial charge in [0.2, 0.25) is 5.91 Å². The SMILES string of the molecule is NC(=O)c1ccc2c3c(-c4cnc5ccccc5c4)cccc3n(N(c3cccnc3)C3CCCCC3)c2c1. The van der Waals surface area contributed by atoms with Gasteiger partial charge in [0.1, 0.15) is 0 Å². The van der Waals surface area contributed by atoms with Gasteiger partial charge in [-0.15, -0.1) is 0 Å². The number of para-hydroxylation sites is 1. The topological polar surface area (TPSA) is 77.0 Å². The number of primary amides is 1. The summed E-state index contributed by atoms with van der Waals surface area (Å²) in [4.78, 5) is 21.5. The minimum Gasteiger partial charge on any atom is -0.366 e. The number of hydrogen-bond acceptors (Lipinski definition) is 4. The second kappa shape index (κ2) is 9.55. The average Bonchev–Trinajstić information content (AvgIpc) is 3.32. The van der Waals surface area contributed by atoms with Crippen molar-refractivity contribution in [1.82, 2.24) is 14.6 Å². The number of aromatic nitrogens is 3. The maximum absolute atomic E-state index is 12.3. The van der Waals surface area contributed by atoms with E-state index in [-0.39, 0.29) is 0 Å². The van der Waals surface area contributed by atoms with Crippen LogP contribution in [0.25, 0.3) is 43.8 Å². The molecule has 1 saturated carbocycles. The van der Waals surface area contributed by atoms with Gasteiger partial charge in [0.25, 0.3) is 0 Å². The van der Waals surface area contributed by atoms with Gasteiger partial charge in [-0.25, -0.2) is 0 Å². The van der Waals surface area contributed by atoms with E-state index in [1.807, 2.05) is 61.1 Å². The van der Waals surface area contributed by atoms with E-state index >= 15 is 0 Å². The van der Waals surface area contributed by atoms with Crippen molar-refractivity contribution in [3.05, 3.63) is 103 Å². The van der Waals surface area contributed by atoms with Crippen molar-refractivity contribution in [1.29, 1.82) is 0 Å². The zero-order valence-corrected chi connectivity index (χ0v) is 21.6. The number of carbonyl (C=O) groups excluding carboxylic acids is 1. The summed E-state index contributed by atoms with van der Waals surface area (Å²) < 4.78 is 2.29. The number of pyridine rings is 2. The quantitative estimate of drug-likeness (QED) is 0.268. The Labute approximate surface area is 226 Å². The fraction of sp³-hybridized carbons (Fsp3) is 0.182. The molecule has 0 spiro atoms. The molecule has 6 heteroatoms. The molecule has 6 aromatic rings. The van der Waals surface area contributed by atoms with Crippen molar-refractivity contribution >= 4 is 44.3 Å². The Morgan fingerprint density at radius 1 is 0.872 bits per heavy atom. The van der Waals surface area contributed by atoms with Crippen LogP contribution in [0.4, 0.5) is 5.69 Å². The molecular weight excluding hydrogens is 482 g/mol. The first-order chi connectivity index (χ1) is 19.2. The van der Waals surface area contributed by atoms with E-state index in [9.17, 15) is 4.79 Å². The Bertz CT molecular complexity index is 1840. The number of fused-ring (bicyclic) bond motifs is 4. The van der Waals surface area contributed by atoms with Gasteiger partial charge in [0.15, 0.2) is 0 Å². The second-order valence-electron chi connectivity index (χ2n) is 10.4. The lowest BCUT2D eigenvalue weighted by molar-refractivity contribution is 0.100. The highest BCUT2D eigenvalue weighted by Crippen LogP contribution is 2.40. The summed E-state index contributed by atoms with van der Waals surface area (Å²) in [5, 5.41) is 5.70. The molecule has 0 bridgehead atoms. The molecule has 0 saturated heterocycles. The lowest BCUT2D eigenvalue weighted by Gasteiger charge is -2.37. The van der Waals surface area contributed by atoms with Crippen molar-refractivity contribution < 1.29 is 4.79 Å². The Hall–Kier alpha value is -4.71. The van der Waals surface area contributed by atoms with E-state index in [4.69, 9.17) is 10.7 Å². The molecule has 7 rings (SSSR count). The van der Waals surface area contributed by atoms with Gasteiger partial charge < -0.3 is 5.73 Å². The van der Waals surface area contributed by atoms with E-state index in [2.05, 4.69) is 51.1 Å². The number of carbonyl (C=O) groups is 1. The highest BCUT2D eigenvalue weighted by molar-refractivity contribution is 6.16. The molecule has 6 nitrogen and oxygen atoms in total. The summed E-state index contributed by atoms with van der Waals surface area (Å²) in [5.41, 5.74) is 12.5. The standard InChI is InChI=1S/C33H29N5O/c34-33(39)23-15-16-28-31(19-23)38(37(25-9-2-1-3-10-25)26-11-7-17-35-21-26)30-14-6-12-27(32(28)30)24-18-22-8-4-5-13-29(22)36-20-24/h4-8,11-21,25H,1-3,9-10H2,(H2,34,39). The van der Waals surface area contributed by atoms with Crippen LogP contribution >= 0.6 is 0 Å². The van der Waals surface area contributed by atoms with Crippen LogP contribution in [-0.4, -0.2) is 26.6 Å². The molecule has 39 heavy (non-hydrogen) atoms. The van der Waals surface area contributed by atoms with Gasteiger partial charge in [-0.1, -0.05) is 55.7 Å². The van der Waals surface area contributed by atoms with Crippen LogP contribution < -0.4 is 10.7 Å². The zero-order chi connectivity index (χ0) is 26.3. The van der Waals surface area contributed by atoms with E-state index < -0.39 is 5.91 Å². The van der Waals surface area contributed by atoms with Crippen molar-refractivity contribution in [3.8, 4) is 11.1 Å². The summed E-state index contributed by atoms with van der Waals surface area (Å²) in [7, 11) is 0. The molecule has 3 aromatic carbocycles. The van der Waals surface area contributed by atoms with Crippen LogP contribution in [-0.2, 0) is 0 Å². The number of benzene rings is 3. The van der Waals surface area contributed by atoms with Gasteiger partial charge >= 0.3 is 0 Å². The zero-order valence-electron chi connectivity index (χ0n) is 21.6. The monoisotopic (exact) mass is 511 g/mol. The van der Waals surface area contributed by atoms with Gasteiger partial charge in [0.05, 0.1) is 34.5 Å². The molecule has 1 aliphatic carbocycles. The molecule has 2 N–H and O–H groups in total. The summed E-state index contributed by atoms with van der Waals surface area (Å²) >= 11 is 0. The van der Waals surface area contributed by atoms with Gasteiger partial charge in [-0.05, 0) is 60.9 Å². The minimum absolute atomic E-state index is 0.310. The van der Waals surface area contributed by atoms with Crippen LogP contribution in [0.3, 0.4) is 0 Å². The predicted molar refractivity (Wildman–Crippen MR) is 158 cm³/mol. The molecule has 0 unspecified atom stereocenters. The highest BCUT2D eigenvalue weighted by atomic mass is 16.1. The molecule has 1 fully saturated rings. The summed E-state index contributed by atoms with van der Waals surface area (Å²) in [6.45, 7) is 0. The maximum atomic E-state index is 12.3. The van der Waals surface area contributed by atoms with Crippen LogP contribution in [0.1, 0.15) is 42.5 Å². The van der Waals surface area contributed by atoms with Crippen molar-refractivity contribution in [3.63, 3.8) is 0 Å². The molecule has 0 radical (unpaired) electrons. The molecule has 192 valence electrons. The third-order valence-electron chi connectivity index (χ3n) is 8.00. The molecule has 0 atom stereocenters. The number of rotatable bonds is 5. The normalized spacial score (nSPS) is 14.3. The molecular formula is C33H29N5O. The van der Waals surface area contributed by atoms with Gasteiger partial charge in [-0.2, -0.15) is 0 Å². The average molecular weight is 512 g/mol. The van der Waals surface area contributed by atoms with Crippen molar-refractivity contribution in [2.24, 2.45) is 5.73 Å². The van der Waals surface area contributed by atoms with Crippen molar-refractivity contribution in [2.45, 2.75) is 38.1 Å². The first kappa shape index (κ1) is 23.4. The minimum atomic E-state index is -0.432. The Balaban J connectivity index is 1.55. The number of hydrogen-bond donors (Lipinski definition) is 1. The molecule has 3 heterocycles. The Morgan fingerprint density at radius 3 is 2.56 bits per heavy atom. The fourth-order valence-electron chi connectivity index (χ4n) is 6.20. The predicted octanol–water partition coefficient (Wildman–Crippen LogP) is 7.11. The number of nitrogens with zero attached hydrogens (tertiary/aromatic N) is 4.